The van der Waals surface area contributed by atoms with Crippen LogP contribution < -0.4 is 0 Å². The molecule has 0 spiro atoms. The number of ether oxygens (including phenoxy) is 1. The van der Waals surface area contributed by atoms with Gasteiger partial charge >= 0.3 is 5.97 Å². The lowest BCUT2D eigenvalue weighted by Gasteiger charge is -2.30. The molecular formula is C11H20O2Si. The first-order valence-corrected chi connectivity index (χ1v) is 8.48. The lowest BCUT2D eigenvalue weighted by atomic mass is 10.3. The lowest BCUT2D eigenvalue weighted by Crippen LogP contribution is -2.39. The van der Waals surface area contributed by atoms with Crippen LogP contribution in [0.25, 0.3) is 0 Å². The molecule has 2 nitrogen and oxygen atoms in total. The third-order valence-electron chi connectivity index (χ3n) is 2.96. The summed E-state index contributed by atoms with van der Waals surface area (Å²) in [7, 11) is -1.23. The van der Waals surface area contributed by atoms with Crippen LogP contribution in [0.3, 0.4) is 0 Å². The standard InChI is InChI=1S/C11H20O2Si/c1-10(2)11(12)13-9-14(3)7-5-4-6-8-14/h1,4-9H2,2-3H3. The predicted octanol–water partition coefficient (Wildman–Crippen LogP) is 2.91. The molecule has 0 aromatic heterocycles. The van der Waals surface area contributed by atoms with Crippen LogP contribution in [0.4, 0.5) is 0 Å². The van der Waals surface area contributed by atoms with E-state index < -0.39 is 8.07 Å². The Balaban J connectivity index is 2.35. The van der Waals surface area contributed by atoms with Crippen molar-refractivity contribution in [2.24, 2.45) is 0 Å². The van der Waals surface area contributed by atoms with Crippen LogP contribution in [0.2, 0.25) is 18.6 Å². The molecule has 1 fully saturated rings. The molecule has 1 rings (SSSR count). The summed E-state index contributed by atoms with van der Waals surface area (Å²) in [6.07, 6.45) is 4.70. The van der Waals surface area contributed by atoms with Crippen molar-refractivity contribution < 1.29 is 9.53 Å². The monoisotopic (exact) mass is 212 g/mol. The normalized spacial score (nSPS) is 20.1. The third-order valence-corrected chi connectivity index (χ3v) is 6.92. The van der Waals surface area contributed by atoms with Gasteiger partial charge in [0.1, 0.15) is 0 Å². The third kappa shape index (κ3) is 3.29. The molecule has 0 saturated carbocycles. The van der Waals surface area contributed by atoms with E-state index in [1.54, 1.807) is 6.92 Å². The Hall–Kier alpha value is -0.573. The highest BCUT2D eigenvalue weighted by atomic mass is 28.3. The molecule has 0 bridgehead atoms. The van der Waals surface area contributed by atoms with E-state index in [2.05, 4.69) is 13.1 Å². The Morgan fingerprint density at radius 3 is 2.43 bits per heavy atom. The zero-order chi connectivity index (χ0) is 10.6. The smallest absolute Gasteiger partial charge is 0.332 e. The highest BCUT2D eigenvalue weighted by molar-refractivity contribution is 6.78. The summed E-state index contributed by atoms with van der Waals surface area (Å²) in [5, 5.41) is 0. The Morgan fingerprint density at radius 2 is 1.93 bits per heavy atom. The van der Waals surface area contributed by atoms with Gasteiger partial charge in [-0.25, -0.2) is 4.79 Å². The minimum Gasteiger partial charge on any atom is -0.466 e. The molecule has 0 aromatic carbocycles. The van der Waals surface area contributed by atoms with E-state index in [0.29, 0.717) is 11.8 Å². The van der Waals surface area contributed by atoms with E-state index in [1.807, 2.05) is 0 Å². The topological polar surface area (TPSA) is 26.3 Å². The van der Waals surface area contributed by atoms with Gasteiger partial charge in [-0.05, 0) is 6.92 Å². The van der Waals surface area contributed by atoms with Crippen LogP contribution >= 0.6 is 0 Å². The molecule has 1 saturated heterocycles. The Morgan fingerprint density at radius 1 is 1.36 bits per heavy atom. The number of rotatable bonds is 3. The van der Waals surface area contributed by atoms with Crippen molar-refractivity contribution in [3.8, 4) is 0 Å². The second-order valence-electron chi connectivity index (χ2n) is 4.73. The zero-order valence-corrected chi connectivity index (χ0v) is 10.3. The summed E-state index contributed by atoms with van der Waals surface area (Å²) in [5.74, 6) is -0.218. The van der Waals surface area contributed by atoms with E-state index >= 15 is 0 Å². The highest BCUT2D eigenvalue weighted by Crippen LogP contribution is 2.28. The van der Waals surface area contributed by atoms with Crippen molar-refractivity contribution in [3.63, 3.8) is 0 Å². The first-order chi connectivity index (χ1) is 6.53. The molecule has 80 valence electrons. The maximum Gasteiger partial charge on any atom is 0.332 e. The van der Waals surface area contributed by atoms with Gasteiger partial charge in [-0.1, -0.05) is 44.5 Å². The van der Waals surface area contributed by atoms with Crippen LogP contribution in [0.5, 0.6) is 0 Å². The fourth-order valence-corrected chi connectivity index (χ4v) is 5.14. The van der Waals surface area contributed by atoms with Gasteiger partial charge < -0.3 is 4.74 Å². The molecule has 0 N–H and O–H groups in total. The SMILES string of the molecule is C=C(C)C(=O)OC[Si]1(C)CCCCC1. The Bertz CT molecular complexity index is 229. The molecule has 1 aliphatic heterocycles. The summed E-state index contributed by atoms with van der Waals surface area (Å²) < 4.78 is 5.27. The van der Waals surface area contributed by atoms with Crippen molar-refractivity contribution in [1.29, 1.82) is 0 Å². The first-order valence-electron chi connectivity index (χ1n) is 5.36. The minimum absolute atomic E-state index is 0.218. The van der Waals surface area contributed by atoms with Gasteiger partial charge in [-0.3, -0.25) is 0 Å². The number of carbonyl (C=O) groups excluding carboxylic acids is 1. The molecule has 0 amide bonds. The molecule has 1 aliphatic rings. The summed E-state index contributed by atoms with van der Waals surface area (Å²) in [5.41, 5.74) is 0.512. The van der Waals surface area contributed by atoms with E-state index in [1.165, 1.54) is 31.4 Å². The number of hydrogen-bond donors (Lipinski definition) is 0. The van der Waals surface area contributed by atoms with E-state index in [0.717, 1.165) is 0 Å². The van der Waals surface area contributed by atoms with Crippen molar-refractivity contribution in [2.45, 2.75) is 44.8 Å². The van der Waals surface area contributed by atoms with Gasteiger partial charge in [-0.2, -0.15) is 0 Å². The average molecular weight is 212 g/mol. The average Bonchev–Trinajstić information content (AvgIpc) is 2.15. The predicted molar refractivity (Wildman–Crippen MR) is 60.9 cm³/mol. The largest absolute Gasteiger partial charge is 0.466 e. The molecule has 14 heavy (non-hydrogen) atoms. The molecule has 0 atom stereocenters. The van der Waals surface area contributed by atoms with E-state index in [-0.39, 0.29) is 5.97 Å². The molecule has 0 radical (unpaired) electrons. The molecule has 0 aromatic rings. The van der Waals surface area contributed by atoms with Crippen LogP contribution in [0, 0.1) is 0 Å². The second-order valence-corrected chi connectivity index (χ2v) is 9.64. The maximum atomic E-state index is 11.2. The van der Waals surface area contributed by atoms with Crippen molar-refractivity contribution >= 4 is 14.0 Å². The highest BCUT2D eigenvalue weighted by Gasteiger charge is 2.30. The van der Waals surface area contributed by atoms with Gasteiger partial charge in [0.25, 0.3) is 0 Å². The van der Waals surface area contributed by atoms with Crippen molar-refractivity contribution in [3.05, 3.63) is 12.2 Å². The molecule has 1 heterocycles. The Labute approximate surface area is 87.3 Å². The van der Waals surface area contributed by atoms with Gasteiger partial charge in [0, 0.05) is 5.57 Å². The van der Waals surface area contributed by atoms with Gasteiger partial charge in [0.15, 0.2) is 0 Å². The van der Waals surface area contributed by atoms with Gasteiger partial charge in [0.2, 0.25) is 0 Å². The fourth-order valence-electron chi connectivity index (χ4n) is 1.91. The molecular weight excluding hydrogens is 192 g/mol. The van der Waals surface area contributed by atoms with Crippen LogP contribution in [-0.2, 0) is 9.53 Å². The number of carbonyl (C=O) groups is 1. The van der Waals surface area contributed by atoms with E-state index in [4.69, 9.17) is 4.74 Å². The van der Waals surface area contributed by atoms with Gasteiger partial charge in [0.05, 0.1) is 14.3 Å². The minimum atomic E-state index is -1.23. The Kier molecular flexibility index (Phi) is 3.93. The second kappa shape index (κ2) is 4.78. The van der Waals surface area contributed by atoms with Crippen molar-refractivity contribution in [1.82, 2.24) is 0 Å². The zero-order valence-electron chi connectivity index (χ0n) is 9.27. The van der Waals surface area contributed by atoms with E-state index in [9.17, 15) is 4.79 Å². The number of esters is 1. The number of hydrogen-bond acceptors (Lipinski definition) is 2. The summed E-state index contributed by atoms with van der Waals surface area (Å²) >= 11 is 0. The van der Waals surface area contributed by atoms with Gasteiger partial charge in [-0.15, -0.1) is 0 Å². The lowest BCUT2D eigenvalue weighted by molar-refractivity contribution is -0.137. The van der Waals surface area contributed by atoms with Crippen LogP contribution in [0.1, 0.15) is 26.2 Å². The van der Waals surface area contributed by atoms with Crippen LogP contribution in [0.15, 0.2) is 12.2 Å². The fraction of sp³-hybridized carbons (Fsp3) is 0.727. The van der Waals surface area contributed by atoms with Crippen LogP contribution in [-0.4, -0.2) is 20.3 Å². The maximum absolute atomic E-state index is 11.2. The quantitative estimate of drug-likeness (QED) is 0.408. The summed E-state index contributed by atoms with van der Waals surface area (Å²) in [4.78, 5) is 11.2. The summed E-state index contributed by atoms with van der Waals surface area (Å²) in [6.45, 7) is 7.63. The summed E-state index contributed by atoms with van der Waals surface area (Å²) in [6, 6.07) is 2.63. The van der Waals surface area contributed by atoms with Crippen molar-refractivity contribution in [2.75, 3.05) is 6.23 Å². The molecule has 0 aliphatic carbocycles. The molecule has 3 heteroatoms. The molecule has 0 unspecified atom stereocenters. The first kappa shape index (κ1) is 11.5.